The maximum absolute atomic E-state index is 14.2. The highest BCUT2D eigenvalue weighted by Gasteiger charge is 2.41. The molecule has 0 radical (unpaired) electrons. The normalized spacial score (nSPS) is 16.5. The summed E-state index contributed by atoms with van der Waals surface area (Å²) in [6.07, 6.45) is 1.41. The predicted octanol–water partition coefficient (Wildman–Crippen LogP) is 6.71. The molecular weight excluding hydrogens is 514 g/mol. The maximum Gasteiger partial charge on any atom is 0.307 e. The number of aryl methyl sites for hydroxylation is 1. The van der Waals surface area contributed by atoms with Crippen LogP contribution < -0.4 is 10.5 Å². The Balaban J connectivity index is 1.42. The van der Waals surface area contributed by atoms with Gasteiger partial charge in [0.15, 0.2) is 0 Å². The Bertz CT molecular complexity index is 1770. The molecule has 1 unspecified atom stereocenters. The number of carbonyl (C=O) groups is 1. The maximum atomic E-state index is 14.2. The number of benzene rings is 3. The van der Waals surface area contributed by atoms with Gasteiger partial charge in [0, 0.05) is 35.4 Å². The number of aromatic nitrogens is 3. The monoisotopic (exact) mass is 542 g/mol. The SMILES string of the molecule is Cc1cccc(OCc2nn(C3CCC(F)(F)C3)c3ccc(-c4ccc5ccnc(N)c5c4)cc23)c1CC(=O)O. The first-order valence-electron chi connectivity index (χ1n) is 13.2. The predicted molar refractivity (Wildman–Crippen MR) is 150 cm³/mol. The molecule has 0 bridgehead atoms. The van der Waals surface area contributed by atoms with Gasteiger partial charge in [-0.1, -0.05) is 30.3 Å². The standard InChI is InChI=1S/C31H28F2N4O3/c1-18-3-2-4-28(23(18)15-29(38)39)40-17-26-25-14-21(20-6-5-19-10-12-35-30(34)24(19)13-20)7-8-27(25)37(36-26)22-9-11-31(32,33)16-22/h2-8,10,12-14,22H,9,11,15-17H2,1H3,(H2,34,35)(H,38,39). The van der Waals surface area contributed by atoms with Gasteiger partial charge in [-0.2, -0.15) is 5.10 Å². The Labute approximate surface area is 229 Å². The fraction of sp³-hybridized carbons (Fsp3) is 0.258. The van der Waals surface area contributed by atoms with Gasteiger partial charge < -0.3 is 15.6 Å². The van der Waals surface area contributed by atoms with Crippen LogP contribution in [0.3, 0.4) is 0 Å². The number of anilines is 1. The lowest BCUT2D eigenvalue weighted by molar-refractivity contribution is -0.136. The highest BCUT2D eigenvalue weighted by atomic mass is 19.3. The van der Waals surface area contributed by atoms with Gasteiger partial charge in [-0.3, -0.25) is 9.48 Å². The van der Waals surface area contributed by atoms with Crippen LogP contribution in [0.4, 0.5) is 14.6 Å². The summed E-state index contributed by atoms with van der Waals surface area (Å²) in [4.78, 5) is 15.7. The van der Waals surface area contributed by atoms with Gasteiger partial charge in [-0.25, -0.2) is 13.8 Å². The Morgan fingerprint density at radius 2 is 1.90 bits per heavy atom. The lowest BCUT2D eigenvalue weighted by Gasteiger charge is -2.13. The van der Waals surface area contributed by atoms with Crippen molar-refractivity contribution in [2.75, 3.05) is 5.73 Å². The summed E-state index contributed by atoms with van der Waals surface area (Å²) >= 11 is 0. The molecule has 204 valence electrons. The molecule has 0 amide bonds. The Morgan fingerprint density at radius 3 is 2.65 bits per heavy atom. The molecule has 7 nitrogen and oxygen atoms in total. The van der Waals surface area contributed by atoms with E-state index >= 15 is 0 Å². The van der Waals surface area contributed by atoms with E-state index in [2.05, 4.69) is 4.98 Å². The number of rotatable bonds is 7. The number of carboxylic acids is 1. The van der Waals surface area contributed by atoms with Crippen LogP contribution in [0, 0.1) is 6.92 Å². The van der Waals surface area contributed by atoms with E-state index in [1.54, 1.807) is 16.9 Å². The summed E-state index contributed by atoms with van der Waals surface area (Å²) in [6, 6.07) is 18.7. The summed E-state index contributed by atoms with van der Waals surface area (Å²) in [5.41, 5.74) is 10.7. The van der Waals surface area contributed by atoms with E-state index in [1.165, 1.54) is 0 Å². The van der Waals surface area contributed by atoms with Gasteiger partial charge in [-0.05, 0) is 65.8 Å². The van der Waals surface area contributed by atoms with E-state index in [1.807, 2.05) is 61.5 Å². The number of aliphatic carboxylic acids is 1. The van der Waals surface area contributed by atoms with E-state index in [4.69, 9.17) is 15.6 Å². The van der Waals surface area contributed by atoms with Gasteiger partial charge in [0.05, 0.1) is 18.0 Å². The fourth-order valence-corrected chi connectivity index (χ4v) is 5.61. The van der Waals surface area contributed by atoms with Crippen molar-refractivity contribution in [1.29, 1.82) is 0 Å². The van der Waals surface area contributed by atoms with Crippen LogP contribution in [0.5, 0.6) is 5.75 Å². The molecule has 40 heavy (non-hydrogen) atoms. The van der Waals surface area contributed by atoms with Crippen molar-refractivity contribution in [3.63, 3.8) is 0 Å². The number of pyridine rings is 1. The molecule has 1 saturated carbocycles. The third-order valence-electron chi connectivity index (χ3n) is 7.70. The van der Waals surface area contributed by atoms with E-state index < -0.39 is 17.9 Å². The molecule has 9 heteroatoms. The lowest BCUT2D eigenvalue weighted by atomic mass is 10.00. The second-order valence-electron chi connectivity index (χ2n) is 10.4. The number of halogens is 2. The molecule has 3 N–H and O–H groups in total. The first-order chi connectivity index (χ1) is 19.2. The zero-order chi connectivity index (χ0) is 28.0. The molecule has 0 aliphatic heterocycles. The Kier molecular flexibility index (Phi) is 6.37. The number of ether oxygens (including phenoxy) is 1. The molecule has 0 spiro atoms. The molecule has 6 rings (SSSR count). The van der Waals surface area contributed by atoms with Gasteiger partial charge in [0.1, 0.15) is 23.9 Å². The fourth-order valence-electron chi connectivity index (χ4n) is 5.61. The van der Waals surface area contributed by atoms with Crippen molar-refractivity contribution in [3.8, 4) is 16.9 Å². The molecule has 3 aromatic carbocycles. The number of nitrogen functional groups attached to an aromatic ring is 1. The van der Waals surface area contributed by atoms with Crippen molar-refractivity contribution >= 4 is 33.5 Å². The van der Waals surface area contributed by atoms with Gasteiger partial charge in [0.25, 0.3) is 0 Å². The minimum absolute atomic E-state index is 0.0563. The molecule has 1 aliphatic carbocycles. The molecule has 1 fully saturated rings. The number of carboxylic acid groups (broad SMARTS) is 1. The Hall–Kier alpha value is -4.53. The van der Waals surface area contributed by atoms with E-state index in [0.717, 1.165) is 38.4 Å². The summed E-state index contributed by atoms with van der Waals surface area (Å²) in [7, 11) is 0. The summed E-state index contributed by atoms with van der Waals surface area (Å²) in [6.45, 7) is 1.90. The molecular formula is C31H28F2N4O3. The summed E-state index contributed by atoms with van der Waals surface area (Å²) in [5, 5.41) is 16.8. The van der Waals surface area contributed by atoms with Gasteiger partial charge >= 0.3 is 5.97 Å². The molecule has 5 aromatic rings. The van der Waals surface area contributed by atoms with E-state index in [9.17, 15) is 18.7 Å². The minimum atomic E-state index is -2.72. The first-order valence-corrected chi connectivity index (χ1v) is 13.2. The number of alkyl halides is 2. The summed E-state index contributed by atoms with van der Waals surface area (Å²) in [5.74, 6) is -2.76. The molecule has 1 aliphatic rings. The molecule has 1 atom stereocenters. The lowest BCUT2D eigenvalue weighted by Crippen LogP contribution is -2.13. The minimum Gasteiger partial charge on any atom is -0.487 e. The number of nitrogens with zero attached hydrogens (tertiary/aromatic N) is 3. The molecule has 0 saturated heterocycles. The van der Waals surface area contributed by atoms with Crippen LogP contribution in [0.1, 0.15) is 42.1 Å². The van der Waals surface area contributed by atoms with Crippen molar-refractivity contribution in [3.05, 3.63) is 83.7 Å². The number of hydrogen-bond donors (Lipinski definition) is 2. The molecule has 2 heterocycles. The number of hydrogen-bond acceptors (Lipinski definition) is 5. The zero-order valence-corrected chi connectivity index (χ0v) is 21.9. The van der Waals surface area contributed by atoms with Gasteiger partial charge in [0.2, 0.25) is 5.92 Å². The van der Waals surface area contributed by atoms with Crippen LogP contribution in [0.25, 0.3) is 32.8 Å². The van der Waals surface area contributed by atoms with Crippen LogP contribution in [-0.4, -0.2) is 31.8 Å². The third kappa shape index (κ3) is 4.83. The van der Waals surface area contributed by atoms with Crippen molar-refractivity contribution in [2.45, 2.75) is 51.2 Å². The largest absolute Gasteiger partial charge is 0.487 e. The summed E-state index contributed by atoms with van der Waals surface area (Å²) < 4.78 is 36.2. The first kappa shape index (κ1) is 25.7. The highest BCUT2D eigenvalue weighted by Crippen LogP contribution is 2.43. The quantitative estimate of drug-likeness (QED) is 0.237. The van der Waals surface area contributed by atoms with Crippen LogP contribution in [-0.2, 0) is 17.8 Å². The number of nitrogens with two attached hydrogens (primary N) is 1. The van der Waals surface area contributed by atoms with Crippen LogP contribution in [0.2, 0.25) is 0 Å². The van der Waals surface area contributed by atoms with Crippen molar-refractivity contribution in [1.82, 2.24) is 14.8 Å². The topological polar surface area (TPSA) is 103 Å². The molecule has 2 aromatic heterocycles. The average molecular weight is 543 g/mol. The average Bonchev–Trinajstić information content (AvgIpc) is 3.47. The van der Waals surface area contributed by atoms with E-state index in [-0.39, 0.29) is 25.9 Å². The van der Waals surface area contributed by atoms with Crippen LogP contribution >= 0.6 is 0 Å². The highest BCUT2D eigenvalue weighted by molar-refractivity contribution is 5.95. The van der Waals surface area contributed by atoms with Crippen LogP contribution in [0.15, 0.2) is 66.9 Å². The Morgan fingerprint density at radius 1 is 1.12 bits per heavy atom. The zero-order valence-electron chi connectivity index (χ0n) is 21.9. The smallest absolute Gasteiger partial charge is 0.307 e. The third-order valence-corrected chi connectivity index (χ3v) is 7.70. The van der Waals surface area contributed by atoms with Gasteiger partial charge in [-0.15, -0.1) is 0 Å². The van der Waals surface area contributed by atoms with Crippen molar-refractivity contribution in [2.24, 2.45) is 0 Å². The second-order valence-corrected chi connectivity index (χ2v) is 10.4. The number of fused-ring (bicyclic) bond motifs is 2. The van der Waals surface area contributed by atoms with Crippen molar-refractivity contribution < 1.29 is 23.4 Å². The second kappa shape index (κ2) is 9.89. The van der Waals surface area contributed by atoms with E-state index in [0.29, 0.717) is 29.2 Å².